The van der Waals surface area contributed by atoms with Crippen molar-refractivity contribution >= 4 is 52.3 Å². The third kappa shape index (κ3) is 5.68. The van der Waals surface area contributed by atoms with Gasteiger partial charge in [0.15, 0.2) is 17.3 Å². The van der Waals surface area contributed by atoms with Crippen LogP contribution in [0.3, 0.4) is 0 Å². The minimum atomic E-state index is -0.864. The molecule has 3 aromatic rings. The van der Waals surface area contributed by atoms with Gasteiger partial charge in [-0.15, -0.1) is 0 Å². The zero-order chi connectivity index (χ0) is 27.7. The highest BCUT2D eigenvalue weighted by atomic mass is 35.5. The normalized spacial score (nSPS) is 21.5. The molecule has 1 aliphatic heterocycles. The molecule has 0 bridgehead atoms. The Kier molecular flexibility index (Phi) is 7.69. The average Bonchev–Trinajstić information content (AvgIpc) is 3.27. The van der Waals surface area contributed by atoms with Crippen LogP contribution in [-0.2, 0) is 9.53 Å². The number of halogens is 3. The van der Waals surface area contributed by atoms with Crippen LogP contribution < -0.4 is 16.4 Å². The number of amides is 2. The van der Waals surface area contributed by atoms with Crippen molar-refractivity contribution in [1.82, 2.24) is 24.4 Å². The fourth-order valence-electron chi connectivity index (χ4n) is 5.36. The van der Waals surface area contributed by atoms with E-state index in [1.54, 1.807) is 9.47 Å². The molecule has 1 saturated carbocycles. The van der Waals surface area contributed by atoms with Gasteiger partial charge in [0.25, 0.3) is 0 Å². The number of aromatic nitrogens is 4. The molecule has 1 aliphatic carbocycles. The van der Waals surface area contributed by atoms with Crippen molar-refractivity contribution in [2.75, 3.05) is 30.8 Å². The van der Waals surface area contributed by atoms with Gasteiger partial charge in [-0.1, -0.05) is 11.6 Å². The zero-order valence-electron chi connectivity index (χ0n) is 21.3. The molecule has 1 saturated heterocycles. The minimum Gasteiger partial charge on any atom is -0.453 e. The lowest BCUT2D eigenvalue weighted by Crippen LogP contribution is -2.45. The van der Waals surface area contributed by atoms with Crippen molar-refractivity contribution < 1.29 is 23.1 Å². The van der Waals surface area contributed by atoms with Gasteiger partial charge in [0.1, 0.15) is 11.2 Å². The first-order chi connectivity index (χ1) is 18.7. The number of carbonyl (C=O) groups is 2. The van der Waals surface area contributed by atoms with Crippen LogP contribution >= 0.6 is 11.6 Å². The quantitative estimate of drug-likeness (QED) is 0.402. The van der Waals surface area contributed by atoms with E-state index in [0.29, 0.717) is 55.9 Å². The molecule has 2 fully saturated rings. The molecular weight excluding hydrogens is 534 g/mol. The number of benzene rings is 1. The number of ether oxygens (including phenoxy) is 1. The van der Waals surface area contributed by atoms with Crippen LogP contribution in [0, 0.1) is 17.6 Å². The Labute approximate surface area is 228 Å². The second-order valence-corrected chi connectivity index (χ2v) is 10.3. The molecule has 1 aromatic carbocycles. The molecule has 11 nitrogen and oxygen atoms in total. The maximum absolute atomic E-state index is 14.7. The van der Waals surface area contributed by atoms with Crippen molar-refractivity contribution in [3.63, 3.8) is 0 Å². The van der Waals surface area contributed by atoms with Crippen LogP contribution in [0.5, 0.6) is 0 Å². The minimum absolute atomic E-state index is 0.0658. The molecule has 1 atom stereocenters. The summed E-state index contributed by atoms with van der Waals surface area (Å²) in [5.74, 6) is -1.77. The number of anilines is 3. The number of imidazole rings is 1. The summed E-state index contributed by atoms with van der Waals surface area (Å²) in [5, 5.41) is 6.01. The smallest absolute Gasteiger partial charge is 0.409 e. The number of piperidine rings is 1. The average molecular weight is 563 g/mol. The van der Waals surface area contributed by atoms with Crippen LogP contribution in [0.4, 0.5) is 31.2 Å². The van der Waals surface area contributed by atoms with Gasteiger partial charge >= 0.3 is 6.09 Å². The van der Waals surface area contributed by atoms with Crippen molar-refractivity contribution in [2.24, 2.45) is 11.7 Å². The zero-order valence-corrected chi connectivity index (χ0v) is 22.0. The Bertz CT molecular complexity index is 1370. The molecule has 4 N–H and O–H groups in total. The molecule has 208 valence electrons. The number of hydrogen-bond acceptors (Lipinski definition) is 8. The van der Waals surface area contributed by atoms with Gasteiger partial charge in [-0.2, -0.15) is 4.98 Å². The molecular formula is C25H29ClF2N8O3. The summed E-state index contributed by atoms with van der Waals surface area (Å²) in [4.78, 5) is 39.0. The van der Waals surface area contributed by atoms with Gasteiger partial charge in [-0.3, -0.25) is 9.36 Å². The lowest BCUT2D eigenvalue weighted by atomic mass is 9.85. The van der Waals surface area contributed by atoms with Gasteiger partial charge < -0.3 is 26.0 Å². The molecule has 39 heavy (non-hydrogen) atoms. The molecule has 0 spiro atoms. The summed E-state index contributed by atoms with van der Waals surface area (Å²) in [6.45, 7) is 1.05. The Morgan fingerprint density at radius 1 is 1.13 bits per heavy atom. The number of nitrogens with one attached hydrogen (secondary N) is 2. The third-order valence-corrected chi connectivity index (χ3v) is 7.55. The fraction of sp³-hybridized carbons (Fsp3) is 0.480. The summed E-state index contributed by atoms with van der Waals surface area (Å²) in [7, 11) is 1.35. The van der Waals surface area contributed by atoms with E-state index in [4.69, 9.17) is 27.1 Å². The summed E-state index contributed by atoms with van der Waals surface area (Å²) >= 11 is 5.79. The predicted octanol–water partition coefficient (Wildman–Crippen LogP) is 4.36. The highest BCUT2D eigenvalue weighted by Gasteiger charge is 2.30. The molecule has 2 aliphatic rings. The summed E-state index contributed by atoms with van der Waals surface area (Å²) in [5.41, 5.74) is 6.02. The first-order valence-electron chi connectivity index (χ1n) is 12.8. The second kappa shape index (κ2) is 11.2. The van der Waals surface area contributed by atoms with Crippen LogP contribution in [0.1, 0.15) is 44.6 Å². The number of hydrogen-bond donors (Lipinski definition) is 3. The van der Waals surface area contributed by atoms with Gasteiger partial charge in [-0.25, -0.2) is 23.5 Å². The number of methoxy groups -OCH3 is 1. The first-order valence-corrected chi connectivity index (χ1v) is 13.2. The maximum Gasteiger partial charge on any atom is 0.409 e. The van der Waals surface area contributed by atoms with Crippen molar-refractivity contribution in [1.29, 1.82) is 0 Å². The van der Waals surface area contributed by atoms with Gasteiger partial charge in [-0.05, 0) is 50.7 Å². The van der Waals surface area contributed by atoms with E-state index in [1.807, 2.05) is 0 Å². The number of nitrogens with two attached hydrogens (primary N) is 1. The lowest BCUT2D eigenvalue weighted by Gasteiger charge is -2.32. The van der Waals surface area contributed by atoms with Crippen LogP contribution in [0.15, 0.2) is 18.3 Å². The topological polar surface area (TPSA) is 140 Å². The number of primary amides is 1. The molecule has 0 unspecified atom stereocenters. The van der Waals surface area contributed by atoms with Gasteiger partial charge in [0, 0.05) is 36.1 Å². The molecule has 2 amide bonds. The molecule has 3 heterocycles. The monoisotopic (exact) mass is 562 g/mol. The molecule has 14 heteroatoms. The number of fused-ring (bicyclic) bond motifs is 1. The van der Waals surface area contributed by atoms with E-state index in [2.05, 4.69) is 20.6 Å². The highest BCUT2D eigenvalue weighted by Crippen LogP contribution is 2.37. The van der Waals surface area contributed by atoms with Crippen molar-refractivity contribution in [3.05, 3.63) is 35.0 Å². The van der Waals surface area contributed by atoms with Crippen molar-refractivity contribution in [3.8, 4) is 0 Å². The summed E-state index contributed by atoms with van der Waals surface area (Å²) < 4.78 is 36.0. The molecule has 2 aromatic heterocycles. The number of nitrogens with zero attached hydrogens (tertiary/aromatic N) is 5. The second-order valence-electron chi connectivity index (χ2n) is 9.88. The number of likely N-dealkylation sites (tertiary alicyclic amines) is 1. The lowest BCUT2D eigenvalue weighted by molar-refractivity contribution is -0.122. The number of carbonyl (C=O) groups excluding carboxylic acids is 2. The first kappa shape index (κ1) is 26.9. The van der Waals surface area contributed by atoms with E-state index in [0.717, 1.165) is 25.0 Å². The Morgan fingerprint density at radius 2 is 1.85 bits per heavy atom. The fourth-order valence-corrected chi connectivity index (χ4v) is 5.55. The standard InChI is InChI=1S/C25H29ClF2N8O3/c1-39-25(38)35-8-2-3-15(12-35)31-23-30-11-19-22(34-23)36(16-6-4-13(5-7-16)21(29)37)24(32-19)33-20-17(27)9-14(26)10-18(20)28/h9-11,13,15-16H,2-8,12H2,1H3,(H2,29,37)(H,32,33)(H,30,31,34)/t13-,15-,16+/m1/s1. The predicted molar refractivity (Wildman–Crippen MR) is 141 cm³/mol. The Balaban J connectivity index is 1.48. The highest BCUT2D eigenvalue weighted by molar-refractivity contribution is 6.30. The van der Waals surface area contributed by atoms with E-state index < -0.39 is 17.3 Å². The molecule has 0 radical (unpaired) electrons. The van der Waals surface area contributed by atoms with Crippen molar-refractivity contribution in [2.45, 2.75) is 50.6 Å². The SMILES string of the molecule is COC(=O)N1CCC[C@@H](Nc2ncc3nc(Nc4c(F)cc(Cl)cc4F)n([C@H]4CC[C@@H](C(N)=O)CC4)c3n2)C1. The van der Waals surface area contributed by atoms with E-state index in [-0.39, 0.29) is 41.0 Å². The number of rotatable bonds is 6. The van der Waals surface area contributed by atoms with Crippen LogP contribution in [0.2, 0.25) is 5.02 Å². The van der Waals surface area contributed by atoms with E-state index in [9.17, 15) is 18.4 Å². The Morgan fingerprint density at radius 3 is 2.51 bits per heavy atom. The Hall–Kier alpha value is -3.74. The summed E-state index contributed by atoms with van der Waals surface area (Å²) in [6.07, 6.45) is 5.10. The largest absolute Gasteiger partial charge is 0.453 e. The van der Waals surface area contributed by atoms with E-state index in [1.165, 1.54) is 13.3 Å². The van der Waals surface area contributed by atoms with Crippen LogP contribution in [-0.4, -0.2) is 62.7 Å². The maximum atomic E-state index is 14.7. The summed E-state index contributed by atoms with van der Waals surface area (Å²) in [6, 6.07) is 1.79. The van der Waals surface area contributed by atoms with Gasteiger partial charge in [0.05, 0.1) is 13.3 Å². The van der Waals surface area contributed by atoms with E-state index >= 15 is 0 Å². The van der Waals surface area contributed by atoms with Crippen LogP contribution in [0.25, 0.3) is 11.2 Å². The van der Waals surface area contributed by atoms with Gasteiger partial charge in [0.2, 0.25) is 17.8 Å². The molecule has 5 rings (SSSR count). The third-order valence-electron chi connectivity index (χ3n) is 7.33.